The van der Waals surface area contributed by atoms with E-state index < -0.39 is 0 Å². The number of rotatable bonds is 2. The molecule has 2 bridgehead atoms. The van der Waals surface area contributed by atoms with Gasteiger partial charge in [-0.25, -0.2) is 0 Å². The summed E-state index contributed by atoms with van der Waals surface area (Å²) in [6.07, 6.45) is 2.84. The zero-order valence-corrected chi connectivity index (χ0v) is 12.8. The molecule has 4 heteroatoms. The maximum Gasteiger partial charge on any atom is 0.461 e. The van der Waals surface area contributed by atoms with E-state index in [-0.39, 0.29) is 12.7 Å². The molecule has 4 fully saturated rings. The van der Waals surface area contributed by atoms with Crippen LogP contribution in [-0.2, 0) is 9.31 Å². The zero-order chi connectivity index (χ0) is 12.4. The second-order valence-corrected chi connectivity index (χ2v) is 7.62. The highest BCUT2D eigenvalue weighted by atomic mass is 79.9. The topological polar surface area (TPSA) is 18.5 Å². The molecular weight excluding hydrogens is 279 g/mol. The number of hydrogen-bond acceptors (Lipinski definition) is 2. The zero-order valence-electron chi connectivity index (χ0n) is 11.2. The molecule has 0 aromatic carbocycles. The fraction of sp³-hybridized carbons (Fsp3) is 1.00. The van der Waals surface area contributed by atoms with Crippen molar-refractivity contribution in [2.24, 2.45) is 17.3 Å². The van der Waals surface area contributed by atoms with Gasteiger partial charge in [-0.1, -0.05) is 36.7 Å². The van der Waals surface area contributed by atoms with Crippen molar-refractivity contribution in [3.8, 4) is 0 Å². The highest BCUT2D eigenvalue weighted by Crippen LogP contribution is 2.66. The van der Waals surface area contributed by atoms with Crippen LogP contribution in [0.5, 0.6) is 0 Å². The molecule has 3 aliphatic carbocycles. The van der Waals surface area contributed by atoms with Crippen LogP contribution < -0.4 is 0 Å². The lowest BCUT2D eigenvalue weighted by molar-refractivity contribution is -0.199. The molecule has 4 aliphatic rings. The summed E-state index contributed by atoms with van der Waals surface area (Å²) in [5.74, 6) is 1.94. The van der Waals surface area contributed by atoms with Crippen molar-refractivity contribution in [2.75, 3.05) is 5.33 Å². The summed E-state index contributed by atoms with van der Waals surface area (Å²) in [6, 6.07) is 0. The van der Waals surface area contributed by atoms with Crippen molar-refractivity contribution in [3.05, 3.63) is 0 Å². The van der Waals surface area contributed by atoms with Crippen molar-refractivity contribution in [1.82, 2.24) is 0 Å². The Bertz CT molecular complexity index is 335. The Morgan fingerprint density at radius 2 is 2.06 bits per heavy atom. The minimum absolute atomic E-state index is 0.0143. The molecule has 0 N–H and O–H groups in total. The van der Waals surface area contributed by atoms with Crippen LogP contribution in [0.25, 0.3) is 0 Å². The first-order valence-electron chi connectivity index (χ1n) is 6.79. The maximum atomic E-state index is 6.34. The summed E-state index contributed by atoms with van der Waals surface area (Å²) in [6.45, 7) is 9.27. The van der Waals surface area contributed by atoms with Gasteiger partial charge in [0, 0.05) is 11.1 Å². The third-order valence-electron chi connectivity index (χ3n) is 5.68. The first kappa shape index (κ1) is 12.5. The molecule has 5 atom stereocenters. The Morgan fingerprint density at radius 1 is 1.35 bits per heavy atom. The Morgan fingerprint density at radius 3 is 2.65 bits per heavy atom. The largest absolute Gasteiger partial charge is 0.461 e. The summed E-state index contributed by atoms with van der Waals surface area (Å²) in [5.41, 5.74) is 0.403. The second kappa shape index (κ2) is 3.74. The third kappa shape index (κ3) is 1.53. The van der Waals surface area contributed by atoms with Gasteiger partial charge >= 0.3 is 7.12 Å². The average Bonchev–Trinajstić information content (AvgIpc) is 2.64. The predicted octanol–water partition coefficient (Wildman–Crippen LogP) is 3.50. The van der Waals surface area contributed by atoms with Gasteiger partial charge in [-0.3, -0.25) is 0 Å². The fourth-order valence-corrected chi connectivity index (χ4v) is 4.52. The van der Waals surface area contributed by atoms with Crippen LogP contribution in [0.3, 0.4) is 0 Å². The maximum absolute atomic E-state index is 6.34. The Labute approximate surface area is 113 Å². The first-order chi connectivity index (χ1) is 7.89. The molecule has 0 radical (unpaired) electrons. The van der Waals surface area contributed by atoms with Gasteiger partial charge in [-0.05, 0) is 37.0 Å². The van der Waals surface area contributed by atoms with Crippen LogP contribution in [0.2, 0.25) is 5.82 Å². The van der Waals surface area contributed by atoms with Crippen molar-refractivity contribution in [3.63, 3.8) is 0 Å². The van der Waals surface area contributed by atoms with E-state index in [0.717, 1.165) is 11.2 Å². The minimum atomic E-state index is -0.0423. The molecule has 0 amide bonds. The molecule has 2 nitrogen and oxygen atoms in total. The SMILES string of the molecule is C[C@@H](CBr)B1OC2CC3CC(C3(C)C)C2(C)O1. The Balaban J connectivity index is 1.82. The fourth-order valence-electron chi connectivity index (χ4n) is 4.22. The normalized spacial score (nSPS) is 48.5. The van der Waals surface area contributed by atoms with E-state index >= 15 is 0 Å². The van der Waals surface area contributed by atoms with Gasteiger partial charge in [0.15, 0.2) is 0 Å². The molecule has 4 unspecified atom stereocenters. The molecule has 96 valence electrons. The highest BCUT2D eigenvalue weighted by Gasteiger charge is 2.68. The van der Waals surface area contributed by atoms with Gasteiger partial charge in [0.1, 0.15) is 0 Å². The molecule has 3 saturated carbocycles. The Hall–Kier alpha value is 0.465. The van der Waals surface area contributed by atoms with Crippen molar-refractivity contribution >= 4 is 23.0 Å². The molecule has 1 aliphatic heterocycles. The van der Waals surface area contributed by atoms with E-state index in [1.807, 2.05) is 0 Å². The molecule has 1 heterocycles. The highest BCUT2D eigenvalue weighted by molar-refractivity contribution is 9.09. The van der Waals surface area contributed by atoms with Gasteiger partial charge in [-0.2, -0.15) is 0 Å². The first-order valence-corrected chi connectivity index (χ1v) is 7.91. The number of halogens is 1. The molecule has 0 aromatic rings. The molecule has 4 rings (SSSR count). The Kier molecular flexibility index (Phi) is 2.75. The third-order valence-corrected chi connectivity index (χ3v) is 6.70. The van der Waals surface area contributed by atoms with Crippen LogP contribution in [0.4, 0.5) is 0 Å². The van der Waals surface area contributed by atoms with Crippen LogP contribution in [0.15, 0.2) is 0 Å². The monoisotopic (exact) mass is 300 g/mol. The quantitative estimate of drug-likeness (QED) is 0.574. The van der Waals surface area contributed by atoms with Crippen molar-refractivity contribution < 1.29 is 9.31 Å². The molecule has 1 saturated heterocycles. The van der Waals surface area contributed by atoms with Crippen LogP contribution in [-0.4, -0.2) is 24.2 Å². The minimum Gasteiger partial charge on any atom is -0.405 e. The van der Waals surface area contributed by atoms with Gasteiger partial charge in [0.05, 0.1) is 11.7 Å². The molecular formula is C13H22BBrO2. The van der Waals surface area contributed by atoms with Crippen LogP contribution >= 0.6 is 15.9 Å². The van der Waals surface area contributed by atoms with Gasteiger partial charge in [0.25, 0.3) is 0 Å². The lowest BCUT2D eigenvalue weighted by atomic mass is 9.43. The van der Waals surface area contributed by atoms with E-state index in [0.29, 0.717) is 23.3 Å². The summed E-state index contributed by atoms with van der Waals surface area (Å²) in [5, 5.41) is 0.942. The van der Waals surface area contributed by atoms with Crippen LogP contribution in [0.1, 0.15) is 40.5 Å². The lowest BCUT2D eigenvalue weighted by Crippen LogP contribution is -2.65. The van der Waals surface area contributed by atoms with Gasteiger partial charge in [-0.15, -0.1) is 0 Å². The van der Waals surface area contributed by atoms with E-state index in [4.69, 9.17) is 9.31 Å². The summed E-state index contributed by atoms with van der Waals surface area (Å²) >= 11 is 3.53. The van der Waals surface area contributed by atoms with Crippen molar-refractivity contribution in [2.45, 2.75) is 58.1 Å². The second-order valence-electron chi connectivity index (χ2n) is 6.97. The predicted molar refractivity (Wildman–Crippen MR) is 73.3 cm³/mol. The molecule has 0 spiro atoms. The van der Waals surface area contributed by atoms with E-state index in [2.05, 4.69) is 43.6 Å². The van der Waals surface area contributed by atoms with Crippen molar-refractivity contribution in [1.29, 1.82) is 0 Å². The van der Waals surface area contributed by atoms with E-state index in [1.54, 1.807) is 0 Å². The van der Waals surface area contributed by atoms with Crippen LogP contribution in [0, 0.1) is 17.3 Å². The lowest BCUT2D eigenvalue weighted by Gasteiger charge is -2.64. The summed E-state index contributed by atoms with van der Waals surface area (Å²) < 4.78 is 12.5. The standard InChI is InChI=1S/C13H22BBrO2/c1-8(7-15)14-16-11-6-9-5-10(12(9,2)3)13(11,4)17-14/h8-11H,5-7H2,1-4H3/t8-,9?,10?,11?,13?/m0/s1. The molecule has 17 heavy (non-hydrogen) atoms. The van der Waals surface area contributed by atoms with E-state index in [9.17, 15) is 0 Å². The number of alkyl halides is 1. The summed E-state index contributed by atoms with van der Waals surface area (Å²) in [7, 11) is -0.0143. The smallest absolute Gasteiger partial charge is 0.405 e. The van der Waals surface area contributed by atoms with E-state index in [1.165, 1.54) is 12.8 Å². The number of hydrogen-bond donors (Lipinski definition) is 0. The summed E-state index contributed by atoms with van der Waals surface area (Å²) in [4.78, 5) is 0. The molecule has 0 aromatic heterocycles. The van der Waals surface area contributed by atoms with Gasteiger partial charge in [0.2, 0.25) is 0 Å². The average molecular weight is 301 g/mol. The van der Waals surface area contributed by atoms with Gasteiger partial charge < -0.3 is 9.31 Å².